The summed E-state index contributed by atoms with van der Waals surface area (Å²) >= 11 is 0. The van der Waals surface area contributed by atoms with E-state index in [1.807, 2.05) is 0 Å². The highest BCUT2D eigenvalue weighted by Gasteiger charge is 2.24. The second-order valence-electron chi connectivity index (χ2n) is 5.87. The van der Waals surface area contributed by atoms with Gasteiger partial charge < -0.3 is 10.5 Å². The van der Waals surface area contributed by atoms with Crippen LogP contribution in [0.1, 0.15) is 24.1 Å². The maximum absolute atomic E-state index is 14.3. The molecule has 2 aromatic carbocycles. The van der Waals surface area contributed by atoms with Gasteiger partial charge in [-0.1, -0.05) is 6.92 Å². The van der Waals surface area contributed by atoms with Crippen molar-refractivity contribution in [1.29, 1.82) is 0 Å². The zero-order valence-electron chi connectivity index (χ0n) is 15.1. The Labute approximate surface area is 160 Å². The monoisotopic (exact) mass is 415 g/mol. The highest BCUT2D eigenvalue weighted by Crippen LogP contribution is 2.29. The molecule has 0 amide bonds. The van der Waals surface area contributed by atoms with E-state index in [-0.39, 0.29) is 40.4 Å². The second kappa shape index (κ2) is 8.59. The molecule has 28 heavy (non-hydrogen) atoms. The molecule has 2 rings (SSSR count). The quantitative estimate of drug-likeness (QED) is 0.504. The number of nitrogens with zero attached hydrogens (tertiary/aromatic N) is 1. The first-order valence-electron chi connectivity index (χ1n) is 8.16. The van der Waals surface area contributed by atoms with Crippen LogP contribution >= 0.6 is 0 Å². The van der Waals surface area contributed by atoms with E-state index in [0.717, 1.165) is 30.3 Å². The predicted molar refractivity (Wildman–Crippen MR) is 97.5 cm³/mol. The number of methoxy groups -OCH3 is 1. The summed E-state index contributed by atoms with van der Waals surface area (Å²) in [5, 5.41) is 11.1. The third-order valence-electron chi connectivity index (χ3n) is 3.99. The van der Waals surface area contributed by atoms with E-state index in [1.54, 1.807) is 6.92 Å². The number of halogens is 2. The molecule has 8 nitrogen and oxygen atoms in total. The Morgan fingerprint density at radius 2 is 1.93 bits per heavy atom. The molecule has 152 valence electrons. The van der Waals surface area contributed by atoms with Crippen molar-refractivity contribution in [3.8, 4) is 5.75 Å². The van der Waals surface area contributed by atoms with Crippen molar-refractivity contribution in [2.75, 3.05) is 13.7 Å². The zero-order valence-corrected chi connectivity index (χ0v) is 15.9. The van der Waals surface area contributed by atoms with Crippen molar-refractivity contribution in [2.24, 2.45) is 5.73 Å². The molecule has 0 bridgehead atoms. The van der Waals surface area contributed by atoms with Gasteiger partial charge in [-0.15, -0.1) is 0 Å². The van der Waals surface area contributed by atoms with Crippen molar-refractivity contribution in [3.05, 3.63) is 63.2 Å². The molecule has 0 aliphatic carbocycles. The molecule has 0 saturated heterocycles. The Morgan fingerprint density at radius 1 is 1.25 bits per heavy atom. The van der Waals surface area contributed by atoms with Gasteiger partial charge in [0, 0.05) is 36.3 Å². The van der Waals surface area contributed by atoms with Crippen LogP contribution in [0.2, 0.25) is 0 Å². The molecule has 11 heteroatoms. The number of ether oxygens (including phenoxy) is 1. The Morgan fingerprint density at radius 3 is 2.50 bits per heavy atom. The minimum Gasteiger partial charge on any atom is -0.494 e. The number of rotatable bonds is 8. The maximum Gasteiger partial charge on any atom is 0.269 e. The SMILES string of the molecule is CCNS(=O)(=O)c1ccc([N+](=O)[O-])cc1C[C@H](N)c1cc(F)c(OC)cc1F. The van der Waals surface area contributed by atoms with Crippen LogP contribution in [0.25, 0.3) is 0 Å². The molecule has 0 saturated carbocycles. The van der Waals surface area contributed by atoms with Gasteiger partial charge in [0.05, 0.1) is 16.9 Å². The molecular weight excluding hydrogens is 396 g/mol. The van der Waals surface area contributed by atoms with Crippen LogP contribution < -0.4 is 15.2 Å². The molecule has 0 aliphatic rings. The molecule has 1 atom stereocenters. The lowest BCUT2D eigenvalue weighted by atomic mass is 9.98. The van der Waals surface area contributed by atoms with Crippen LogP contribution in [-0.4, -0.2) is 27.0 Å². The molecule has 0 aliphatic heterocycles. The van der Waals surface area contributed by atoms with Crippen LogP contribution in [0.4, 0.5) is 14.5 Å². The fourth-order valence-corrected chi connectivity index (χ4v) is 3.97. The van der Waals surface area contributed by atoms with Crippen molar-refractivity contribution in [3.63, 3.8) is 0 Å². The van der Waals surface area contributed by atoms with Gasteiger partial charge in [-0.2, -0.15) is 0 Å². The second-order valence-corrected chi connectivity index (χ2v) is 7.60. The smallest absolute Gasteiger partial charge is 0.269 e. The van der Waals surface area contributed by atoms with Crippen molar-refractivity contribution in [1.82, 2.24) is 4.72 Å². The number of hydrogen-bond donors (Lipinski definition) is 2. The van der Waals surface area contributed by atoms with Gasteiger partial charge in [0.15, 0.2) is 11.6 Å². The van der Waals surface area contributed by atoms with Gasteiger partial charge in [0.1, 0.15) is 5.82 Å². The molecule has 0 unspecified atom stereocenters. The lowest BCUT2D eigenvalue weighted by molar-refractivity contribution is -0.385. The highest BCUT2D eigenvalue weighted by molar-refractivity contribution is 7.89. The molecule has 3 N–H and O–H groups in total. The summed E-state index contributed by atoms with van der Waals surface area (Å²) in [7, 11) is -2.78. The van der Waals surface area contributed by atoms with Crippen molar-refractivity contribution in [2.45, 2.75) is 24.3 Å². The summed E-state index contributed by atoms with van der Waals surface area (Å²) in [6.45, 7) is 1.67. The Kier molecular flexibility index (Phi) is 6.65. The van der Waals surface area contributed by atoms with Crippen LogP contribution in [0.3, 0.4) is 0 Å². The predicted octanol–water partition coefficient (Wildman–Crippen LogP) is 2.42. The lowest BCUT2D eigenvalue weighted by Gasteiger charge is -2.17. The number of nitrogens with one attached hydrogen (secondary N) is 1. The summed E-state index contributed by atoms with van der Waals surface area (Å²) in [5.41, 5.74) is 5.42. The molecule has 0 aromatic heterocycles. The van der Waals surface area contributed by atoms with E-state index in [4.69, 9.17) is 10.5 Å². The minimum absolute atomic E-state index is 0.0123. The maximum atomic E-state index is 14.3. The lowest BCUT2D eigenvalue weighted by Crippen LogP contribution is -2.25. The first kappa shape index (κ1) is 21.7. The van der Waals surface area contributed by atoms with E-state index >= 15 is 0 Å². The minimum atomic E-state index is -3.96. The summed E-state index contributed by atoms with van der Waals surface area (Å²) in [6.07, 6.45) is -0.273. The van der Waals surface area contributed by atoms with Gasteiger partial charge in [-0.25, -0.2) is 21.9 Å². The van der Waals surface area contributed by atoms with Crippen molar-refractivity contribution < 1.29 is 26.9 Å². The third kappa shape index (κ3) is 4.61. The Bertz CT molecular complexity index is 999. The van der Waals surface area contributed by atoms with Crippen LogP contribution in [0, 0.1) is 21.7 Å². The first-order chi connectivity index (χ1) is 13.1. The largest absolute Gasteiger partial charge is 0.494 e. The summed E-state index contributed by atoms with van der Waals surface area (Å²) in [6, 6.07) is 3.72. The van der Waals surface area contributed by atoms with Gasteiger partial charge >= 0.3 is 0 Å². The number of benzene rings is 2. The highest BCUT2D eigenvalue weighted by atomic mass is 32.2. The fraction of sp³-hybridized carbons (Fsp3) is 0.294. The number of non-ortho nitro benzene ring substituents is 1. The van der Waals surface area contributed by atoms with Gasteiger partial charge in [0.2, 0.25) is 10.0 Å². The fourth-order valence-electron chi connectivity index (χ4n) is 2.70. The van der Waals surface area contributed by atoms with E-state index in [9.17, 15) is 27.3 Å². The van der Waals surface area contributed by atoms with E-state index < -0.39 is 32.6 Å². The zero-order chi connectivity index (χ0) is 21.1. The Hall–Kier alpha value is -2.63. The van der Waals surface area contributed by atoms with Crippen LogP contribution in [0.5, 0.6) is 5.75 Å². The van der Waals surface area contributed by atoms with Gasteiger partial charge in [0.25, 0.3) is 5.69 Å². The standard InChI is InChI=1S/C17H19F2N3O5S/c1-3-21-28(25,26)17-5-4-11(22(23)24)6-10(17)7-15(20)12-8-14(19)16(27-2)9-13(12)18/h4-6,8-9,15,21H,3,7,20H2,1-2H3/t15-/m0/s1. The molecule has 0 radical (unpaired) electrons. The summed E-state index contributed by atoms with van der Waals surface area (Å²) < 4.78 is 59.9. The average Bonchev–Trinajstić information content (AvgIpc) is 2.62. The number of nitro benzene ring substituents is 1. The number of nitrogens with two attached hydrogens (primary N) is 1. The van der Waals surface area contributed by atoms with E-state index in [1.165, 1.54) is 7.11 Å². The number of hydrogen-bond acceptors (Lipinski definition) is 6. The molecule has 0 spiro atoms. The topological polar surface area (TPSA) is 125 Å². The third-order valence-corrected chi connectivity index (χ3v) is 5.64. The van der Waals surface area contributed by atoms with Crippen LogP contribution in [0.15, 0.2) is 35.2 Å². The molecule has 2 aromatic rings. The Balaban J connectivity index is 2.50. The average molecular weight is 415 g/mol. The summed E-state index contributed by atoms with van der Waals surface area (Å²) in [5.74, 6) is -1.99. The molecular formula is C17H19F2N3O5S. The van der Waals surface area contributed by atoms with E-state index in [2.05, 4.69) is 4.72 Å². The molecule has 0 heterocycles. The number of nitro groups is 1. The summed E-state index contributed by atoms with van der Waals surface area (Å²) in [4.78, 5) is 10.1. The normalized spacial score (nSPS) is 12.6. The molecule has 0 fully saturated rings. The first-order valence-corrected chi connectivity index (χ1v) is 9.64. The van der Waals surface area contributed by atoms with Gasteiger partial charge in [-0.3, -0.25) is 10.1 Å². The number of sulfonamides is 1. The van der Waals surface area contributed by atoms with E-state index in [0.29, 0.717) is 0 Å². The van der Waals surface area contributed by atoms with Gasteiger partial charge in [-0.05, 0) is 24.1 Å². The van der Waals surface area contributed by atoms with Crippen LogP contribution in [-0.2, 0) is 16.4 Å². The van der Waals surface area contributed by atoms with Crippen molar-refractivity contribution >= 4 is 15.7 Å².